The van der Waals surface area contributed by atoms with Gasteiger partial charge in [0, 0.05) is 18.5 Å². The Hall–Kier alpha value is -0.650. The van der Waals surface area contributed by atoms with Crippen LogP contribution in [0.4, 0.5) is 0 Å². The first-order valence-corrected chi connectivity index (χ1v) is 6.86. The molecule has 2 rings (SSSR count). The van der Waals surface area contributed by atoms with Gasteiger partial charge in [-0.05, 0) is 25.3 Å². The number of rotatable bonds is 4. The van der Waals surface area contributed by atoms with Gasteiger partial charge in [0.2, 0.25) is 5.89 Å². The summed E-state index contributed by atoms with van der Waals surface area (Å²) in [6, 6.07) is 0.447. The van der Waals surface area contributed by atoms with Crippen molar-refractivity contribution in [1.82, 2.24) is 15.0 Å². The zero-order valence-corrected chi connectivity index (χ0v) is 12.8. The summed E-state index contributed by atoms with van der Waals surface area (Å²) in [7, 11) is 0. The van der Waals surface area contributed by atoms with Crippen LogP contribution in [0.5, 0.6) is 0 Å². The van der Waals surface area contributed by atoms with E-state index in [1.54, 1.807) is 0 Å². The third kappa shape index (κ3) is 4.16. The van der Waals surface area contributed by atoms with Gasteiger partial charge in [-0.3, -0.25) is 4.90 Å². The van der Waals surface area contributed by atoms with Crippen LogP contribution < -0.4 is 5.73 Å². The van der Waals surface area contributed by atoms with Crippen LogP contribution in [0, 0.1) is 5.92 Å². The number of nitrogens with two attached hydrogens (primary N) is 1. The van der Waals surface area contributed by atoms with Gasteiger partial charge in [-0.15, -0.1) is 12.4 Å². The van der Waals surface area contributed by atoms with Crippen LogP contribution in [0.2, 0.25) is 0 Å². The Kier molecular flexibility index (Phi) is 6.23. The Labute approximate surface area is 121 Å². The average molecular weight is 289 g/mol. The molecule has 0 bridgehead atoms. The van der Waals surface area contributed by atoms with Crippen molar-refractivity contribution in [3.05, 3.63) is 11.7 Å². The average Bonchev–Trinajstić information content (AvgIpc) is 2.80. The number of hydrogen-bond donors (Lipinski definition) is 1. The maximum Gasteiger partial charge on any atom is 0.240 e. The molecule has 0 radical (unpaired) electrons. The number of halogens is 1. The molecule has 1 aliphatic rings. The van der Waals surface area contributed by atoms with Gasteiger partial charge in [-0.2, -0.15) is 4.98 Å². The lowest BCUT2D eigenvalue weighted by atomic mass is 9.92. The topological polar surface area (TPSA) is 68.2 Å². The Bertz CT molecular complexity index is 382. The second-order valence-electron chi connectivity index (χ2n) is 5.69. The van der Waals surface area contributed by atoms with E-state index in [0.29, 0.717) is 24.4 Å². The van der Waals surface area contributed by atoms with Gasteiger partial charge in [0.1, 0.15) is 0 Å². The highest BCUT2D eigenvalue weighted by molar-refractivity contribution is 5.85. The van der Waals surface area contributed by atoms with Crippen molar-refractivity contribution in [3.63, 3.8) is 0 Å². The van der Waals surface area contributed by atoms with E-state index in [-0.39, 0.29) is 12.4 Å². The highest BCUT2D eigenvalue weighted by atomic mass is 35.5. The minimum Gasteiger partial charge on any atom is -0.338 e. The lowest BCUT2D eigenvalue weighted by Crippen LogP contribution is -2.45. The van der Waals surface area contributed by atoms with Gasteiger partial charge in [0.05, 0.1) is 6.54 Å². The summed E-state index contributed by atoms with van der Waals surface area (Å²) >= 11 is 0. The molecule has 19 heavy (non-hydrogen) atoms. The van der Waals surface area contributed by atoms with Gasteiger partial charge in [-0.1, -0.05) is 25.9 Å². The molecule has 110 valence electrons. The van der Waals surface area contributed by atoms with Crippen LogP contribution in [0.25, 0.3) is 0 Å². The molecule has 0 aromatic carbocycles. The zero-order valence-electron chi connectivity index (χ0n) is 12.0. The SMILES string of the molecule is CC1CCN(Cc2nc(C(C)C)no2)C(CN)C1.Cl. The number of aromatic nitrogens is 2. The Morgan fingerprint density at radius 2 is 2.21 bits per heavy atom. The molecular formula is C13H25ClN4O. The second-order valence-corrected chi connectivity index (χ2v) is 5.69. The lowest BCUT2D eigenvalue weighted by Gasteiger charge is -2.36. The second kappa shape index (κ2) is 7.22. The summed E-state index contributed by atoms with van der Waals surface area (Å²) in [5.41, 5.74) is 5.85. The molecule has 0 spiro atoms. The van der Waals surface area contributed by atoms with Gasteiger partial charge >= 0.3 is 0 Å². The van der Waals surface area contributed by atoms with Crippen LogP contribution in [-0.4, -0.2) is 34.2 Å². The fraction of sp³-hybridized carbons (Fsp3) is 0.846. The Balaban J connectivity index is 0.00000180. The number of hydrogen-bond acceptors (Lipinski definition) is 5. The Morgan fingerprint density at radius 1 is 1.47 bits per heavy atom. The summed E-state index contributed by atoms with van der Waals surface area (Å²) in [5.74, 6) is 2.59. The van der Waals surface area contributed by atoms with Gasteiger partial charge in [0.15, 0.2) is 5.82 Å². The standard InChI is InChI=1S/C13H24N4O.ClH/c1-9(2)13-15-12(18-16-13)8-17-5-4-10(3)6-11(17)7-14;/h9-11H,4-8,14H2,1-3H3;1H. The molecule has 1 fully saturated rings. The lowest BCUT2D eigenvalue weighted by molar-refractivity contribution is 0.102. The first-order chi connectivity index (χ1) is 8.60. The number of likely N-dealkylation sites (tertiary alicyclic amines) is 1. The van der Waals surface area contributed by atoms with E-state index < -0.39 is 0 Å². The molecule has 0 aliphatic carbocycles. The van der Waals surface area contributed by atoms with Crippen molar-refractivity contribution >= 4 is 12.4 Å². The van der Waals surface area contributed by atoms with E-state index in [1.807, 2.05) is 0 Å². The number of nitrogens with zero attached hydrogens (tertiary/aromatic N) is 3. The molecule has 2 heterocycles. The molecule has 2 N–H and O–H groups in total. The maximum atomic E-state index is 5.85. The summed E-state index contributed by atoms with van der Waals surface area (Å²) < 4.78 is 5.30. The maximum absolute atomic E-state index is 5.85. The van der Waals surface area contributed by atoms with Crippen LogP contribution >= 0.6 is 12.4 Å². The van der Waals surface area contributed by atoms with Crippen LogP contribution in [-0.2, 0) is 6.54 Å². The summed E-state index contributed by atoms with van der Waals surface area (Å²) in [4.78, 5) is 6.80. The molecule has 1 aromatic heterocycles. The van der Waals surface area contributed by atoms with Crippen LogP contribution in [0.1, 0.15) is 51.2 Å². The normalized spacial score (nSPS) is 24.5. The van der Waals surface area contributed by atoms with Crippen molar-refractivity contribution in [2.45, 2.75) is 52.1 Å². The quantitative estimate of drug-likeness (QED) is 0.920. The van der Waals surface area contributed by atoms with Crippen molar-refractivity contribution in [2.24, 2.45) is 11.7 Å². The fourth-order valence-electron chi connectivity index (χ4n) is 2.49. The highest BCUT2D eigenvalue weighted by Gasteiger charge is 2.26. The number of piperidine rings is 1. The first-order valence-electron chi connectivity index (χ1n) is 6.86. The van der Waals surface area contributed by atoms with Crippen LogP contribution in [0.15, 0.2) is 4.52 Å². The van der Waals surface area contributed by atoms with Crippen molar-refractivity contribution in [3.8, 4) is 0 Å². The third-order valence-electron chi connectivity index (χ3n) is 3.71. The van der Waals surface area contributed by atoms with Crippen molar-refractivity contribution in [1.29, 1.82) is 0 Å². The molecule has 5 nitrogen and oxygen atoms in total. The predicted octanol–water partition coefficient (Wildman–Crippen LogP) is 2.17. The minimum atomic E-state index is 0. The molecule has 2 atom stereocenters. The Morgan fingerprint density at radius 3 is 2.79 bits per heavy atom. The summed E-state index contributed by atoms with van der Waals surface area (Å²) in [6.07, 6.45) is 2.39. The van der Waals surface area contributed by atoms with Crippen molar-refractivity contribution < 1.29 is 4.52 Å². The summed E-state index contributed by atoms with van der Waals surface area (Å²) in [5, 5.41) is 4.00. The van der Waals surface area contributed by atoms with E-state index in [9.17, 15) is 0 Å². The van der Waals surface area contributed by atoms with E-state index in [1.165, 1.54) is 12.8 Å². The third-order valence-corrected chi connectivity index (χ3v) is 3.71. The van der Waals surface area contributed by atoms with Crippen molar-refractivity contribution in [2.75, 3.05) is 13.1 Å². The molecule has 1 aliphatic heterocycles. The van der Waals surface area contributed by atoms with Gasteiger partial charge < -0.3 is 10.3 Å². The highest BCUT2D eigenvalue weighted by Crippen LogP contribution is 2.23. The smallest absolute Gasteiger partial charge is 0.240 e. The predicted molar refractivity (Wildman–Crippen MR) is 77.3 cm³/mol. The molecule has 6 heteroatoms. The van der Waals surface area contributed by atoms with E-state index in [0.717, 1.165) is 24.8 Å². The molecule has 0 amide bonds. The fourth-order valence-corrected chi connectivity index (χ4v) is 2.49. The minimum absolute atomic E-state index is 0. The molecular weight excluding hydrogens is 264 g/mol. The van der Waals surface area contributed by atoms with E-state index in [4.69, 9.17) is 10.3 Å². The molecule has 0 saturated carbocycles. The van der Waals surface area contributed by atoms with E-state index >= 15 is 0 Å². The monoisotopic (exact) mass is 288 g/mol. The first kappa shape index (κ1) is 16.4. The largest absolute Gasteiger partial charge is 0.338 e. The van der Waals surface area contributed by atoms with Crippen LogP contribution in [0.3, 0.4) is 0 Å². The van der Waals surface area contributed by atoms with Gasteiger partial charge in [-0.25, -0.2) is 0 Å². The van der Waals surface area contributed by atoms with Gasteiger partial charge in [0.25, 0.3) is 0 Å². The molecule has 2 unspecified atom stereocenters. The molecule has 1 aromatic rings. The summed E-state index contributed by atoms with van der Waals surface area (Å²) in [6.45, 7) is 8.94. The van der Waals surface area contributed by atoms with E-state index in [2.05, 4.69) is 35.8 Å². The zero-order chi connectivity index (χ0) is 13.1. The molecule has 1 saturated heterocycles.